The fourth-order valence-corrected chi connectivity index (χ4v) is 4.94. The molecule has 3 heteroatoms. The summed E-state index contributed by atoms with van der Waals surface area (Å²) in [5.74, 6) is 2.32. The maximum atomic E-state index is 6.13. The van der Waals surface area contributed by atoms with Gasteiger partial charge in [0.05, 0.1) is 0 Å². The third-order valence-electron chi connectivity index (χ3n) is 7.24. The number of halogens is 1. The van der Waals surface area contributed by atoms with Crippen LogP contribution in [0.25, 0.3) is 0 Å². The van der Waals surface area contributed by atoms with Crippen LogP contribution in [0.15, 0.2) is 71.5 Å². The Kier molecular flexibility index (Phi) is 19.8. The summed E-state index contributed by atoms with van der Waals surface area (Å²) in [6.45, 7) is 22.4. The Bertz CT molecular complexity index is 713. The van der Waals surface area contributed by atoms with Crippen LogP contribution in [0.3, 0.4) is 0 Å². The van der Waals surface area contributed by atoms with Gasteiger partial charge < -0.3 is 10.6 Å². The molecule has 4 unspecified atom stereocenters. The number of hydrogen-bond acceptors (Lipinski definition) is 2. The molecule has 0 radical (unpaired) electrons. The van der Waals surface area contributed by atoms with Gasteiger partial charge >= 0.3 is 0 Å². The lowest BCUT2D eigenvalue weighted by Gasteiger charge is -2.29. The van der Waals surface area contributed by atoms with Gasteiger partial charge in [-0.05, 0) is 101 Å². The minimum absolute atomic E-state index is 0.434. The minimum atomic E-state index is 0.434. The minimum Gasteiger partial charge on any atom is -0.388 e. The first-order valence-corrected chi connectivity index (χ1v) is 14.2. The second kappa shape index (κ2) is 20.7. The van der Waals surface area contributed by atoms with Crippen LogP contribution in [0.5, 0.6) is 0 Å². The topological polar surface area (TPSA) is 24.1 Å². The van der Waals surface area contributed by atoms with Gasteiger partial charge in [0.1, 0.15) is 0 Å². The Morgan fingerprint density at radius 2 is 1.83 bits per heavy atom. The van der Waals surface area contributed by atoms with Gasteiger partial charge in [-0.3, -0.25) is 0 Å². The Hall–Kier alpha value is -1.51. The first-order chi connectivity index (χ1) is 16.8. The lowest BCUT2D eigenvalue weighted by molar-refractivity contribution is 0.239. The molecule has 0 amide bonds. The zero-order valence-electron chi connectivity index (χ0n) is 23.9. The summed E-state index contributed by atoms with van der Waals surface area (Å²) in [7, 11) is 2.05. The molecule has 2 nitrogen and oxygen atoms in total. The van der Waals surface area contributed by atoms with Crippen LogP contribution in [-0.2, 0) is 0 Å². The van der Waals surface area contributed by atoms with Crippen LogP contribution in [0.1, 0.15) is 92.9 Å². The maximum Gasteiger partial charge on any atom is 0.0366 e. The quantitative estimate of drug-likeness (QED) is 0.162. The highest BCUT2D eigenvalue weighted by molar-refractivity contribution is 6.31. The fourth-order valence-electron chi connectivity index (χ4n) is 4.76. The Labute approximate surface area is 223 Å². The van der Waals surface area contributed by atoms with Crippen molar-refractivity contribution >= 4 is 11.6 Å². The van der Waals surface area contributed by atoms with Crippen molar-refractivity contribution in [1.82, 2.24) is 10.6 Å². The Morgan fingerprint density at radius 1 is 1.11 bits per heavy atom. The van der Waals surface area contributed by atoms with Crippen molar-refractivity contribution in [2.24, 2.45) is 17.8 Å². The van der Waals surface area contributed by atoms with Crippen LogP contribution in [0, 0.1) is 17.8 Å². The van der Waals surface area contributed by atoms with E-state index in [-0.39, 0.29) is 0 Å². The highest BCUT2D eigenvalue weighted by Crippen LogP contribution is 2.30. The lowest BCUT2D eigenvalue weighted by atomic mass is 9.79. The van der Waals surface area contributed by atoms with Crippen molar-refractivity contribution in [2.75, 3.05) is 13.6 Å². The third kappa shape index (κ3) is 15.3. The van der Waals surface area contributed by atoms with Gasteiger partial charge in [-0.2, -0.15) is 0 Å². The summed E-state index contributed by atoms with van der Waals surface area (Å²) in [6, 6.07) is 0.434. The maximum absolute atomic E-state index is 6.13. The first-order valence-electron chi connectivity index (χ1n) is 13.8. The molecule has 0 aromatic carbocycles. The number of rotatable bonds is 20. The highest BCUT2D eigenvalue weighted by atomic mass is 35.5. The van der Waals surface area contributed by atoms with Crippen LogP contribution in [0.2, 0.25) is 0 Å². The molecular formula is C32H55ClN2. The van der Waals surface area contributed by atoms with Gasteiger partial charge in [-0.25, -0.2) is 0 Å². The zero-order valence-corrected chi connectivity index (χ0v) is 24.7. The summed E-state index contributed by atoms with van der Waals surface area (Å²) < 4.78 is 0. The molecule has 0 aliphatic heterocycles. The van der Waals surface area contributed by atoms with Crippen molar-refractivity contribution < 1.29 is 0 Å². The van der Waals surface area contributed by atoms with Gasteiger partial charge in [0, 0.05) is 11.1 Å². The molecule has 0 aliphatic rings. The van der Waals surface area contributed by atoms with E-state index in [9.17, 15) is 0 Å². The molecule has 2 N–H and O–H groups in total. The first kappa shape index (κ1) is 33.5. The van der Waals surface area contributed by atoms with Crippen molar-refractivity contribution in [3.63, 3.8) is 0 Å². The van der Waals surface area contributed by atoms with E-state index >= 15 is 0 Å². The van der Waals surface area contributed by atoms with Crippen molar-refractivity contribution in [3.05, 3.63) is 71.5 Å². The summed E-state index contributed by atoms with van der Waals surface area (Å²) in [5, 5.41) is 7.46. The van der Waals surface area contributed by atoms with Gasteiger partial charge in [0.25, 0.3) is 0 Å². The van der Waals surface area contributed by atoms with E-state index < -0.39 is 0 Å². The van der Waals surface area contributed by atoms with Crippen molar-refractivity contribution in [1.29, 1.82) is 0 Å². The summed E-state index contributed by atoms with van der Waals surface area (Å²) >= 11 is 6.13. The van der Waals surface area contributed by atoms with E-state index in [1.165, 1.54) is 43.3 Å². The molecule has 0 aliphatic carbocycles. The third-order valence-corrected chi connectivity index (χ3v) is 7.49. The molecule has 0 rings (SSSR count). The molecular weight excluding hydrogens is 448 g/mol. The number of hydrogen-bond donors (Lipinski definition) is 2. The molecule has 0 bridgehead atoms. The second-order valence-electron chi connectivity index (χ2n) is 10.00. The van der Waals surface area contributed by atoms with E-state index in [1.807, 2.05) is 6.20 Å². The molecule has 0 saturated heterocycles. The lowest BCUT2D eigenvalue weighted by Crippen LogP contribution is -2.28. The van der Waals surface area contributed by atoms with E-state index in [0.717, 1.165) is 49.1 Å². The van der Waals surface area contributed by atoms with Gasteiger partial charge in [-0.1, -0.05) is 101 Å². The molecule has 200 valence electrons. The largest absolute Gasteiger partial charge is 0.388 e. The average molecular weight is 503 g/mol. The summed E-state index contributed by atoms with van der Waals surface area (Å²) in [6.07, 6.45) is 22.1. The molecule has 0 aromatic heterocycles. The predicted octanol–water partition coefficient (Wildman–Crippen LogP) is 9.48. The predicted molar refractivity (Wildman–Crippen MR) is 161 cm³/mol. The normalized spacial score (nSPS) is 16.7. The molecule has 0 fully saturated rings. The summed E-state index contributed by atoms with van der Waals surface area (Å²) in [5.41, 5.74) is 3.72. The van der Waals surface area contributed by atoms with Gasteiger partial charge in [-0.15, -0.1) is 0 Å². The molecule has 0 spiro atoms. The number of allylic oxidation sites excluding steroid dienone is 8. The van der Waals surface area contributed by atoms with E-state index in [0.29, 0.717) is 11.1 Å². The van der Waals surface area contributed by atoms with Gasteiger partial charge in [0.15, 0.2) is 0 Å². The molecule has 0 saturated carbocycles. The van der Waals surface area contributed by atoms with E-state index in [1.54, 1.807) is 0 Å². The standard InChI is InChI=1S/C32H55ClN2/c1-10-28(23-31(13-4)27(8)33)21-25(6)17-15-16-18-32(35-14-5)24-29(11-2)22-30(12-3)26(7)19-20-34-9/h10,14-17,23,26,29-30,32,34-35H,5,8,11-13,18-22,24H2,1-4,6-7,9H3/b16-15+,25-17+,28-10-,31-23-. The van der Waals surface area contributed by atoms with Crippen molar-refractivity contribution in [2.45, 2.75) is 99.0 Å². The smallest absolute Gasteiger partial charge is 0.0366 e. The average Bonchev–Trinajstić information content (AvgIpc) is 2.84. The molecule has 0 heterocycles. The second-order valence-corrected chi connectivity index (χ2v) is 10.5. The highest BCUT2D eigenvalue weighted by Gasteiger charge is 2.21. The van der Waals surface area contributed by atoms with Crippen LogP contribution >= 0.6 is 11.6 Å². The van der Waals surface area contributed by atoms with Crippen LogP contribution < -0.4 is 10.6 Å². The number of nitrogens with one attached hydrogen (secondary N) is 2. The van der Waals surface area contributed by atoms with Crippen molar-refractivity contribution in [3.8, 4) is 0 Å². The van der Waals surface area contributed by atoms with Gasteiger partial charge in [0.2, 0.25) is 0 Å². The Morgan fingerprint density at radius 3 is 2.34 bits per heavy atom. The SMILES string of the molecule is C=CNC(C/C=C/C=C(\C)CC(=C/C)/C=C(/CC)C(=C)Cl)CC(CC)CC(CC)C(C)CCNC. The zero-order chi connectivity index (χ0) is 26.6. The molecule has 4 atom stereocenters. The molecule has 35 heavy (non-hydrogen) atoms. The van der Waals surface area contributed by atoms with Crippen LogP contribution in [0.4, 0.5) is 0 Å². The fraction of sp³-hybridized carbons (Fsp3) is 0.625. The molecule has 0 aromatic rings. The van der Waals surface area contributed by atoms with E-state index in [4.69, 9.17) is 11.6 Å². The van der Waals surface area contributed by atoms with Crippen LogP contribution in [-0.4, -0.2) is 19.6 Å². The summed E-state index contributed by atoms with van der Waals surface area (Å²) in [4.78, 5) is 0. The Balaban J connectivity index is 5.03. The van der Waals surface area contributed by atoms with E-state index in [2.05, 4.69) is 103 Å². The monoisotopic (exact) mass is 502 g/mol.